The van der Waals surface area contributed by atoms with E-state index in [4.69, 9.17) is 19.4 Å². The summed E-state index contributed by atoms with van der Waals surface area (Å²) in [4.78, 5) is 11.7. The Hall–Kier alpha value is -3.00. The molecule has 0 saturated carbocycles. The molecule has 2 heterocycles. The van der Waals surface area contributed by atoms with Crippen LogP contribution in [0.4, 0.5) is 11.6 Å². The monoisotopic (exact) mass is 433 g/mol. The summed E-state index contributed by atoms with van der Waals surface area (Å²) in [5.41, 5.74) is 10.2. The van der Waals surface area contributed by atoms with Crippen LogP contribution in [-0.4, -0.2) is 42.9 Å². The maximum Gasteiger partial charge on any atom is 0.146 e. The van der Waals surface area contributed by atoms with E-state index in [9.17, 15) is 0 Å². The molecule has 0 unspecified atom stereocenters. The Morgan fingerprint density at radius 2 is 1.78 bits per heavy atom. The smallest absolute Gasteiger partial charge is 0.146 e. The van der Waals surface area contributed by atoms with Gasteiger partial charge in [-0.25, -0.2) is 15.4 Å². The van der Waals surface area contributed by atoms with Gasteiger partial charge in [-0.15, -0.1) is 0 Å². The highest BCUT2D eigenvalue weighted by Crippen LogP contribution is 2.17. The highest BCUT2D eigenvalue weighted by Gasteiger charge is 2.15. The van der Waals surface area contributed by atoms with Crippen LogP contribution in [-0.2, 0) is 29.0 Å². The van der Waals surface area contributed by atoms with Crippen molar-refractivity contribution >= 4 is 11.6 Å². The molecule has 0 atom stereocenters. The molecule has 1 aliphatic heterocycles. The van der Waals surface area contributed by atoms with Gasteiger partial charge in [0.05, 0.1) is 26.4 Å². The van der Waals surface area contributed by atoms with Crippen LogP contribution in [0.2, 0.25) is 0 Å². The second-order valence-corrected chi connectivity index (χ2v) is 7.88. The summed E-state index contributed by atoms with van der Waals surface area (Å²) in [6.45, 7) is 7.05. The number of rotatable bonds is 10. The number of nitrogens with one attached hydrogen (secondary N) is 2. The Morgan fingerprint density at radius 1 is 0.969 bits per heavy atom. The van der Waals surface area contributed by atoms with E-state index in [1.165, 1.54) is 11.1 Å². The Morgan fingerprint density at radius 3 is 2.59 bits per heavy atom. The van der Waals surface area contributed by atoms with Crippen molar-refractivity contribution in [3.63, 3.8) is 0 Å². The third kappa shape index (κ3) is 6.75. The van der Waals surface area contributed by atoms with Crippen LogP contribution in [0.25, 0.3) is 0 Å². The number of aryl methyl sites for hydroxylation is 1. The second kappa shape index (κ2) is 11.6. The lowest BCUT2D eigenvalue weighted by Gasteiger charge is -2.28. The molecule has 0 radical (unpaired) electrons. The molecule has 1 aromatic heterocycles. The summed E-state index contributed by atoms with van der Waals surface area (Å²) in [5.74, 6) is 2.44. The molecule has 168 valence electrons. The number of benzene rings is 2. The van der Waals surface area contributed by atoms with E-state index in [0.717, 1.165) is 36.1 Å². The molecule has 2 N–H and O–H groups in total. The standard InChI is InChI=1S/C25H31N5O2/c1-20-6-5-9-22(16-20)18-26-29-24-17-25(30-11-14-31-15-12-30)28-23(27-24)10-13-32-19-21-7-3-2-4-8-21/h2-9,16-17,26H,10-15,18-19H2,1H3,(H,27,28,29). The number of morpholine rings is 1. The first-order valence-electron chi connectivity index (χ1n) is 11.1. The van der Waals surface area contributed by atoms with E-state index in [2.05, 4.69) is 59.1 Å². The zero-order valence-electron chi connectivity index (χ0n) is 18.6. The summed E-state index contributed by atoms with van der Waals surface area (Å²) >= 11 is 0. The maximum absolute atomic E-state index is 5.85. The van der Waals surface area contributed by atoms with Gasteiger partial charge in [0.2, 0.25) is 0 Å². The molecule has 32 heavy (non-hydrogen) atoms. The lowest BCUT2D eigenvalue weighted by atomic mass is 10.1. The van der Waals surface area contributed by atoms with Gasteiger partial charge in [-0.1, -0.05) is 60.2 Å². The maximum atomic E-state index is 5.85. The molecule has 1 fully saturated rings. The summed E-state index contributed by atoms with van der Waals surface area (Å²) in [7, 11) is 0. The van der Waals surface area contributed by atoms with Crippen molar-refractivity contribution < 1.29 is 9.47 Å². The van der Waals surface area contributed by atoms with Crippen LogP contribution in [0.3, 0.4) is 0 Å². The molecule has 0 amide bonds. The van der Waals surface area contributed by atoms with Gasteiger partial charge in [-0.3, -0.25) is 0 Å². The average molecular weight is 434 g/mol. The zero-order chi connectivity index (χ0) is 22.0. The summed E-state index contributed by atoms with van der Waals surface area (Å²) in [6.07, 6.45) is 0.650. The Kier molecular flexibility index (Phi) is 8.03. The number of aromatic nitrogens is 2. The van der Waals surface area contributed by atoms with Crippen LogP contribution >= 0.6 is 0 Å². The van der Waals surface area contributed by atoms with Gasteiger partial charge in [0.1, 0.15) is 17.5 Å². The number of hydrazine groups is 1. The van der Waals surface area contributed by atoms with E-state index in [1.807, 2.05) is 24.3 Å². The Bertz CT molecular complexity index is 977. The van der Waals surface area contributed by atoms with E-state index in [-0.39, 0.29) is 0 Å². The summed E-state index contributed by atoms with van der Waals surface area (Å²) in [5, 5.41) is 0. The second-order valence-electron chi connectivity index (χ2n) is 7.88. The SMILES string of the molecule is Cc1cccc(CNNc2cc(N3CCOCC3)nc(CCOCc3ccccc3)n2)c1. The van der Waals surface area contributed by atoms with Gasteiger partial charge in [0.25, 0.3) is 0 Å². The molecule has 1 aliphatic rings. The third-order valence-electron chi connectivity index (χ3n) is 5.27. The van der Waals surface area contributed by atoms with Crippen LogP contribution in [0.5, 0.6) is 0 Å². The fraction of sp³-hybridized carbons (Fsp3) is 0.360. The van der Waals surface area contributed by atoms with Gasteiger partial charge in [0.15, 0.2) is 0 Å². The highest BCUT2D eigenvalue weighted by atomic mass is 16.5. The molecule has 3 aromatic rings. The average Bonchev–Trinajstić information content (AvgIpc) is 2.83. The van der Waals surface area contributed by atoms with E-state index in [0.29, 0.717) is 39.4 Å². The lowest BCUT2D eigenvalue weighted by Crippen LogP contribution is -2.37. The molecule has 7 heteroatoms. The number of anilines is 2. The van der Waals surface area contributed by atoms with Crippen molar-refractivity contribution in [2.45, 2.75) is 26.5 Å². The molecular weight excluding hydrogens is 402 g/mol. The van der Waals surface area contributed by atoms with Gasteiger partial charge < -0.3 is 19.8 Å². The van der Waals surface area contributed by atoms with E-state index in [1.54, 1.807) is 0 Å². The Labute approximate surface area is 189 Å². The van der Waals surface area contributed by atoms with Gasteiger partial charge in [-0.2, -0.15) is 0 Å². The lowest BCUT2D eigenvalue weighted by molar-refractivity contribution is 0.121. The van der Waals surface area contributed by atoms with Gasteiger partial charge >= 0.3 is 0 Å². The van der Waals surface area contributed by atoms with Crippen molar-refractivity contribution in [3.05, 3.63) is 83.2 Å². The van der Waals surface area contributed by atoms with Crippen LogP contribution in [0, 0.1) is 6.92 Å². The first-order valence-corrected chi connectivity index (χ1v) is 11.1. The van der Waals surface area contributed by atoms with Gasteiger partial charge in [-0.05, 0) is 18.1 Å². The van der Waals surface area contributed by atoms with Crippen LogP contribution in [0.1, 0.15) is 22.5 Å². The third-order valence-corrected chi connectivity index (χ3v) is 5.27. The zero-order valence-corrected chi connectivity index (χ0v) is 18.6. The molecule has 0 bridgehead atoms. The molecule has 0 spiro atoms. The number of hydrogen-bond acceptors (Lipinski definition) is 7. The van der Waals surface area contributed by atoms with Crippen molar-refractivity contribution in [1.29, 1.82) is 0 Å². The molecule has 7 nitrogen and oxygen atoms in total. The minimum atomic E-state index is 0.567. The normalized spacial score (nSPS) is 13.8. The largest absolute Gasteiger partial charge is 0.378 e. The van der Waals surface area contributed by atoms with Crippen molar-refractivity contribution in [2.75, 3.05) is 43.2 Å². The van der Waals surface area contributed by atoms with Crippen molar-refractivity contribution in [1.82, 2.24) is 15.4 Å². The minimum Gasteiger partial charge on any atom is -0.378 e. The van der Waals surface area contributed by atoms with Crippen LogP contribution in [0.15, 0.2) is 60.7 Å². The molecule has 4 rings (SSSR count). The topological polar surface area (TPSA) is 71.5 Å². The first kappa shape index (κ1) is 22.2. The van der Waals surface area contributed by atoms with E-state index >= 15 is 0 Å². The first-order chi connectivity index (χ1) is 15.8. The number of ether oxygens (including phenoxy) is 2. The van der Waals surface area contributed by atoms with E-state index < -0.39 is 0 Å². The number of hydrogen-bond donors (Lipinski definition) is 2. The predicted molar refractivity (Wildman–Crippen MR) is 127 cm³/mol. The predicted octanol–water partition coefficient (Wildman–Crippen LogP) is 3.50. The Balaban J connectivity index is 1.37. The van der Waals surface area contributed by atoms with Gasteiger partial charge in [0, 0.05) is 32.1 Å². The van der Waals surface area contributed by atoms with Crippen molar-refractivity contribution in [3.8, 4) is 0 Å². The number of nitrogens with zero attached hydrogens (tertiary/aromatic N) is 3. The fourth-order valence-corrected chi connectivity index (χ4v) is 3.60. The summed E-state index contributed by atoms with van der Waals surface area (Å²) < 4.78 is 11.3. The van der Waals surface area contributed by atoms with Crippen molar-refractivity contribution in [2.24, 2.45) is 0 Å². The fourth-order valence-electron chi connectivity index (χ4n) is 3.60. The van der Waals surface area contributed by atoms with Crippen LogP contribution < -0.4 is 15.8 Å². The molecule has 1 saturated heterocycles. The molecule has 0 aliphatic carbocycles. The quantitative estimate of drug-likeness (QED) is 0.375. The molecule has 2 aromatic carbocycles. The highest BCUT2D eigenvalue weighted by molar-refractivity contribution is 5.49. The summed E-state index contributed by atoms with van der Waals surface area (Å²) in [6, 6.07) is 20.6. The molecular formula is C25H31N5O2. The minimum absolute atomic E-state index is 0.567.